The van der Waals surface area contributed by atoms with Crippen molar-refractivity contribution >= 4 is 5.91 Å². The molecule has 2 rings (SSSR count). The maximum atomic E-state index is 12.0. The normalized spacial score (nSPS) is 16.3. The fraction of sp³-hybridized carbons (Fsp3) is 0.529. The minimum atomic E-state index is -0.564. The molecule has 0 bridgehead atoms. The van der Waals surface area contributed by atoms with E-state index in [2.05, 4.69) is 10.2 Å². The van der Waals surface area contributed by atoms with Crippen LogP contribution in [0.4, 0.5) is 0 Å². The number of hydrogen-bond acceptors (Lipinski definition) is 5. The van der Waals surface area contributed by atoms with Crippen LogP contribution < -0.4 is 10.1 Å². The van der Waals surface area contributed by atoms with Gasteiger partial charge in [0, 0.05) is 19.6 Å². The molecular weight excluding hydrogens is 294 g/mol. The van der Waals surface area contributed by atoms with E-state index < -0.39 is 6.10 Å². The van der Waals surface area contributed by atoms with Gasteiger partial charge in [-0.2, -0.15) is 5.26 Å². The van der Waals surface area contributed by atoms with Crippen LogP contribution in [0.15, 0.2) is 24.3 Å². The summed E-state index contributed by atoms with van der Waals surface area (Å²) in [6.45, 7) is 6.84. The first-order valence-electron chi connectivity index (χ1n) is 7.93. The molecule has 1 aromatic rings. The van der Waals surface area contributed by atoms with E-state index >= 15 is 0 Å². The molecule has 0 spiro atoms. The number of carbonyl (C=O) groups is 1. The molecule has 0 radical (unpaired) electrons. The smallest absolute Gasteiger partial charge is 0.260 e. The molecule has 1 aliphatic heterocycles. The third-order valence-electron chi connectivity index (χ3n) is 3.72. The molecule has 0 aliphatic carbocycles. The van der Waals surface area contributed by atoms with Gasteiger partial charge < -0.3 is 14.8 Å². The summed E-state index contributed by atoms with van der Waals surface area (Å²) in [6.07, 6.45) is 0.348. The van der Waals surface area contributed by atoms with Crippen LogP contribution in [0.3, 0.4) is 0 Å². The maximum absolute atomic E-state index is 12.0. The molecule has 1 atom stereocenters. The largest absolute Gasteiger partial charge is 0.481 e. The number of ether oxygens (including phenoxy) is 2. The van der Waals surface area contributed by atoms with Crippen LogP contribution >= 0.6 is 0 Å². The number of nitriles is 1. The monoisotopic (exact) mass is 317 g/mol. The second-order valence-corrected chi connectivity index (χ2v) is 5.49. The summed E-state index contributed by atoms with van der Waals surface area (Å²) < 4.78 is 10.9. The first-order valence-corrected chi connectivity index (χ1v) is 7.93. The number of rotatable bonds is 7. The van der Waals surface area contributed by atoms with Crippen LogP contribution in [0.25, 0.3) is 0 Å². The van der Waals surface area contributed by atoms with Crippen LogP contribution in [0.5, 0.6) is 5.75 Å². The fourth-order valence-electron chi connectivity index (χ4n) is 2.35. The van der Waals surface area contributed by atoms with Gasteiger partial charge in [-0.3, -0.25) is 9.69 Å². The van der Waals surface area contributed by atoms with Crippen molar-refractivity contribution < 1.29 is 14.3 Å². The van der Waals surface area contributed by atoms with E-state index in [4.69, 9.17) is 14.7 Å². The van der Waals surface area contributed by atoms with Crippen molar-refractivity contribution in [1.29, 1.82) is 5.26 Å². The first kappa shape index (κ1) is 17.3. The number of carbonyl (C=O) groups excluding carboxylic acids is 1. The zero-order chi connectivity index (χ0) is 16.5. The van der Waals surface area contributed by atoms with Crippen molar-refractivity contribution in [1.82, 2.24) is 10.2 Å². The van der Waals surface area contributed by atoms with Gasteiger partial charge in [-0.25, -0.2) is 0 Å². The predicted octanol–water partition coefficient (Wildman–Crippen LogP) is 1.16. The van der Waals surface area contributed by atoms with Crippen molar-refractivity contribution in [3.8, 4) is 11.8 Å². The Balaban J connectivity index is 1.64. The summed E-state index contributed by atoms with van der Waals surface area (Å²) in [5.41, 5.74) is 0.567. The first-order chi connectivity index (χ1) is 11.2. The zero-order valence-electron chi connectivity index (χ0n) is 13.5. The average molecular weight is 317 g/mol. The highest BCUT2D eigenvalue weighted by Crippen LogP contribution is 2.13. The number of morpholine rings is 1. The van der Waals surface area contributed by atoms with Crippen molar-refractivity contribution in [3.05, 3.63) is 29.8 Å². The van der Waals surface area contributed by atoms with Crippen LogP contribution in [0.2, 0.25) is 0 Å². The molecule has 1 fully saturated rings. The maximum Gasteiger partial charge on any atom is 0.260 e. The van der Waals surface area contributed by atoms with Crippen LogP contribution in [-0.4, -0.2) is 56.3 Å². The summed E-state index contributed by atoms with van der Waals surface area (Å²) in [5, 5.41) is 11.6. The van der Waals surface area contributed by atoms with E-state index in [0.29, 0.717) is 17.9 Å². The molecule has 23 heavy (non-hydrogen) atoms. The van der Waals surface area contributed by atoms with E-state index in [1.165, 1.54) is 0 Å². The van der Waals surface area contributed by atoms with E-state index in [1.54, 1.807) is 31.2 Å². The van der Waals surface area contributed by atoms with Crippen molar-refractivity contribution in [2.75, 3.05) is 39.4 Å². The van der Waals surface area contributed by atoms with Gasteiger partial charge in [-0.1, -0.05) is 0 Å². The Morgan fingerprint density at radius 2 is 2.09 bits per heavy atom. The van der Waals surface area contributed by atoms with Gasteiger partial charge >= 0.3 is 0 Å². The molecule has 1 N–H and O–H groups in total. The molecule has 6 heteroatoms. The second kappa shape index (κ2) is 9.13. The minimum absolute atomic E-state index is 0.128. The van der Waals surface area contributed by atoms with Crippen molar-refractivity contribution in [2.24, 2.45) is 0 Å². The lowest BCUT2D eigenvalue weighted by molar-refractivity contribution is -0.127. The van der Waals surface area contributed by atoms with Gasteiger partial charge in [0.2, 0.25) is 0 Å². The molecule has 0 saturated carbocycles. The number of hydrogen-bond donors (Lipinski definition) is 1. The molecule has 1 aliphatic rings. The molecule has 1 amide bonds. The average Bonchev–Trinajstić information content (AvgIpc) is 2.60. The van der Waals surface area contributed by atoms with E-state index in [1.807, 2.05) is 6.07 Å². The summed E-state index contributed by atoms with van der Waals surface area (Å²) in [5.74, 6) is 0.455. The number of nitrogens with zero attached hydrogens (tertiary/aromatic N) is 2. The molecule has 1 aromatic carbocycles. The molecule has 6 nitrogen and oxygen atoms in total. The molecule has 124 valence electrons. The van der Waals surface area contributed by atoms with E-state index in [9.17, 15) is 4.79 Å². The molecule has 1 heterocycles. The van der Waals surface area contributed by atoms with Gasteiger partial charge in [0.25, 0.3) is 5.91 Å². The Bertz CT molecular complexity index is 533. The Labute approximate surface area is 137 Å². The van der Waals surface area contributed by atoms with Gasteiger partial charge in [0.05, 0.1) is 24.8 Å². The van der Waals surface area contributed by atoms with Crippen molar-refractivity contribution in [2.45, 2.75) is 19.4 Å². The lowest BCUT2D eigenvalue weighted by atomic mass is 10.2. The second-order valence-electron chi connectivity index (χ2n) is 5.49. The summed E-state index contributed by atoms with van der Waals surface area (Å²) in [4.78, 5) is 14.3. The number of amides is 1. The van der Waals surface area contributed by atoms with Gasteiger partial charge in [-0.15, -0.1) is 0 Å². The van der Waals surface area contributed by atoms with Crippen molar-refractivity contribution in [3.63, 3.8) is 0 Å². The van der Waals surface area contributed by atoms with Crippen LogP contribution in [-0.2, 0) is 9.53 Å². The quantitative estimate of drug-likeness (QED) is 0.764. The Hall–Kier alpha value is -2.10. The third kappa shape index (κ3) is 5.89. The Morgan fingerprint density at radius 3 is 2.74 bits per heavy atom. The van der Waals surface area contributed by atoms with Gasteiger partial charge in [-0.05, 0) is 44.2 Å². The fourth-order valence-corrected chi connectivity index (χ4v) is 2.35. The van der Waals surface area contributed by atoms with Crippen LogP contribution in [0.1, 0.15) is 18.9 Å². The lowest BCUT2D eigenvalue weighted by Gasteiger charge is -2.26. The third-order valence-corrected chi connectivity index (χ3v) is 3.72. The highest BCUT2D eigenvalue weighted by atomic mass is 16.5. The Kier molecular flexibility index (Phi) is 6.85. The summed E-state index contributed by atoms with van der Waals surface area (Å²) >= 11 is 0. The van der Waals surface area contributed by atoms with Gasteiger partial charge in [0.15, 0.2) is 6.10 Å². The minimum Gasteiger partial charge on any atom is -0.481 e. The van der Waals surface area contributed by atoms with Gasteiger partial charge in [0.1, 0.15) is 5.75 Å². The standard InChI is InChI=1S/C17H23N3O3/c1-14(23-16-5-3-15(13-18)4-6-16)17(21)19-7-2-8-20-9-11-22-12-10-20/h3-6,14H,2,7-12H2,1H3,(H,19,21). The van der Waals surface area contributed by atoms with E-state index in [0.717, 1.165) is 39.3 Å². The predicted molar refractivity (Wildman–Crippen MR) is 86.1 cm³/mol. The summed E-state index contributed by atoms with van der Waals surface area (Å²) in [6, 6.07) is 8.77. The number of benzene rings is 1. The SMILES string of the molecule is CC(Oc1ccc(C#N)cc1)C(=O)NCCCN1CCOCC1. The van der Waals surface area contributed by atoms with Crippen LogP contribution in [0, 0.1) is 11.3 Å². The molecular formula is C17H23N3O3. The zero-order valence-corrected chi connectivity index (χ0v) is 13.5. The topological polar surface area (TPSA) is 74.6 Å². The molecule has 1 saturated heterocycles. The molecule has 0 aromatic heterocycles. The summed E-state index contributed by atoms with van der Waals surface area (Å²) in [7, 11) is 0. The lowest BCUT2D eigenvalue weighted by Crippen LogP contribution is -2.40. The highest BCUT2D eigenvalue weighted by Gasteiger charge is 2.14. The number of nitrogens with one attached hydrogen (secondary N) is 1. The van der Waals surface area contributed by atoms with E-state index in [-0.39, 0.29) is 5.91 Å². The highest BCUT2D eigenvalue weighted by molar-refractivity contribution is 5.80. The Morgan fingerprint density at radius 1 is 1.39 bits per heavy atom. The molecule has 1 unspecified atom stereocenters.